The van der Waals surface area contributed by atoms with Gasteiger partial charge in [0.15, 0.2) is 0 Å². The van der Waals surface area contributed by atoms with Crippen molar-refractivity contribution in [1.29, 1.82) is 0 Å². The molecule has 0 spiro atoms. The van der Waals surface area contributed by atoms with Gasteiger partial charge in [-0.1, -0.05) is 31.4 Å². The predicted molar refractivity (Wildman–Crippen MR) is 127 cm³/mol. The molecule has 3 rings (SSSR count). The van der Waals surface area contributed by atoms with E-state index in [9.17, 15) is 0 Å². The highest BCUT2D eigenvalue weighted by atomic mass is 35.5. The van der Waals surface area contributed by atoms with Gasteiger partial charge in [-0.05, 0) is 77.2 Å². The van der Waals surface area contributed by atoms with Crippen LogP contribution in [0.2, 0.25) is 13.1 Å². The van der Waals surface area contributed by atoms with E-state index < -0.39 is 12.8 Å². The summed E-state index contributed by atoms with van der Waals surface area (Å²) in [5.74, 6) is 2.68. The van der Waals surface area contributed by atoms with Gasteiger partial charge in [-0.2, -0.15) is 0 Å². The van der Waals surface area contributed by atoms with Gasteiger partial charge in [0.2, 0.25) is 0 Å². The number of unbranched alkanes of at least 4 members (excludes halogenated alkanes) is 2. The normalized spacial score (nSPS) is 23.1. The molecule has 1 aliphatic carbocycles. The summed E-state index contributed by atoms with van der Waals surface area (Å²) in [6, 6.07) is 4.48. The van der Waals surface area contributed by atoms with Crippen LogP contribution in [-0.2, 0) is 6.42 Å². The second kappa shape index (κ2) is 8.84. The molecule has 2 atom stereocenters. The number of rotatable bonds is 7. The predicted octanol–water partition coefficient (Wildman–Crippen LogP) is 7.96. The third kappa shape index (κ3) is 4.99. The molecule has 0 fully saturated rings. The SMILES string of the molecule is CCCCCc1cc2c(c(O[Si](C)(C)C(Cl)Cl)c1)[C@@H]1C=C(C)CC[C@H]1C(C)(C)O2. The Bertz CT molecular complexity index is 770. The maximum Gasteiger partial charge on any atom is 0.277 e. The van der Waals surface area contributed by atoms with Crippen molar-refractivity contribution in [2.45, 2.75) is 95.3 Å². The van der Waals surface area contributed by atoms with Gasteiger partial charge >= 0.3 is 0 Å². The minimum atomic E-state index is -2.30. The van der Waals surface area contributed by atoms with Crippen LogP contribution in [0.3, 0.4) is 0 Å². The van der Waals surface area contributed by atoms with Crippen molar-refractivity contribution in [3.8, 4) is 11.5 Å². The molecule has 1 heterocycles. The van der Waals surface area contributed by atoms with Crippen molar-refractivity contribution < 1.29 is 9.16 Å². The zero-order chi connectivity index (χ0) is 21.4. The average Bonchev–Trinajstić information content (AvgIpc) is 2.60. The zero-order valence-electron chi connectivity index (χ0n) is 18.8. The standard InChI is InChI=1S/C24H36Cl2O2Si/c1-7-8-9-10-17-14-20-22(21(15-17)28-29(5,6)23(25)26)18-13-16(2)11-12-19(18)24(3,4)27-20/h13-15,18-19,23H,7-12H2,1-6H3/t18-,19-/m1/s1. The molecule has 1 aromatic rings. The Hall–Kier alpha value is -0.643. The van der Waals surface area contributed by atoms with Gasteiger partial charge in [0.25, 0.3) is 8.32 Å². The molecule has 162 valence electrons. The highest BCUT2D eigenvalue weighted by Gasteiger charge is 2.46. The number of fused-ring (bicyclic) bond motifs is 3. The van der Waals surface area contributed by atoms with Gasteiger partial charge < -0.3 is 9.16 Å². The van der Waals surface area contributed by atoms with E-state index >= 15 is 0 Å². The van der Waals surface area contributed by atoms with E-state index in [4.69, 9.17) is 32.4 Å². The van der Waals surface area contributed by atoms with Crippen LogP contribution < -0.4 is 9.16 Å². The fourth-order valence-electron chi connectivity index (χ4n) is 4.70. The molecule has 0 bridgehead atoms. The van der Waals surface area contributed by atoms with Gasteiger partial charge in [0.05, 0.1) is 0 Å². The molecule has 0 saturated carbocycles. The number of aryl methyl sites for hydroxylation is 1. The molecule has 2 nitrogen and oxygen atoms in total. The number of allylic oxidation sites excluding steroid dienone is 2. The van der Waals surface area contributed by atoms with Crippen LogP contribution in [0.1, 0.15) is 76.8 Å². The summed E-state index contributed by atoms with van der Waals surface area (Å²) in [7, 11) is -2.30. The van der Waals surface area contributed by atoms with E-state index in [0.29, 0.717) is 11.8 Å². The highest BCUT2D eigenvalue weighted by molar-refractivity contribution is 6.88. The Kier molecular flexibility index (Phi) is 7.02. The van der Waals surface area contributed by atoms with Crippen molar-refractivity contribution in [2.75, 3.05) is 0 Å². The van der Waals surface area contributed by atoms with Gasteiger partial charge in [0, 0.05) is 17.4 Å². The number of alkyl halides is 2. The number of ether oxygens (including phenoxy) is 1. The number of halogens is 2. The average molecular weight is 456 g/mol. The lowest BCUT2D eigenvalue weighted by atomic mass is 9.68. The molecule has 0 unspecified atom stereocenters. The Morgan fingerprint density at radius 3 is 2.62 bits per heavy atom. The van der Waals surface area contributed by atoms with Crippen LogP contribution in [0.5, 0.6) is 11.5 Å². The molecule has 0 N–H and O–H groups in total. The highest BCUT2D eigenvalue weighted by Crippen LogP contribution is 2.54. The number of hydrogen-bond donors (Lipinski definition) is 0. The quantitative estimate of drug-likeness (QED) is 0.180. The molecular formula is C24H36Cl2O2Si. The minimum Gasteiger partial charge on any atom is -0.541 e. The fourth-order valence-corrected chi connectivity index (χ4v) is 5.79. The maximum absolute atomic E-state index is 6.63. The van der Waals surface area contributed by atoms with Crippen LogP contribution >= 0.6 is 23.2 Å². The first-order chi connectivity index (χ1) is 13.5. The van der Waals surface area contributed by atoms with Crippen LogP contribution in [0.25, 0.3) is 0 Å². The van der Waals surface area contributed by atoms with Crippen molar-refractivity contribution in [3.05, 3.63) is 34.9 Å². The number of benzene rings is 1. The van der Waals surface area contributed by atoms with Gasteiger partial charge in [-0.3, -0.25) is 0 Å². The van der Waals surface area contributed by atoms with E-state index in [0.717, 1.165) is 30.8 Å². The lowest BCUT2D eigenvalue weighted by molar-refractivity contribution is 0.0110. The Morgan fingerprint density at radius 2 is 1.97 bits per heavy atom. The van der Waals surface area contributed by atoms with Gasteiger partial charge in [-0.25, -0.2) is 0 Å². The smallest absolute Gasteiger partial charge is 0.277 e. The first-order valence-electron chi connectivity index (χ1n) is 11.1. The van der Waals surface area contributed by atoms with E-state index in [2.05, 4.69) is 59.0 Å². The first-order valence-corrected chi connectivity index (χ1v) is 14.9. The van der Waals surface area contributed by atoms with Crippen LogP contribution in [0, 0.1) is 5.92 Å². The van der Waals surface area contributed by atoms with E-state index in [1.165, 1.54) is 36.0 Å². The Labute approximate surface area is 188 Å². The second-order valence-corrected chi connectivity index (χ2v) is 15.7. The Balaban J connectivity index is 2.10. The number of hydrogen-bond acceptors (Lipinski definition) is 2. The van der Waals surface area contributed by atoms with Crippen molar-refractivity contribution in [2.24, 2.45) is 5.92 Å². The summed E-state index contributed by atoms with van der Waals surface area (Å²) >= 11 is 12.6. The first kappa shape index (κ1) is 23.0. The lowest BCUT2D eigenvalue weighted by Crippen LogP contribution is -2.46. The van der Waals surface area contributed by atoms with Gasteiger partial charge in [0.1, 0.15) is 21.6 Å². The van der Waals surface area contributed by atoms with E-state index in [-0.39, 0.29) is 5.60 Å². The van der Waals surface area contributed by atoms with E-state index in [1.807, 2.05) is 0 Å². The molecule has 1 aromatic carbocycles. The molecular weight excluding hydrogens is 419 g/mol. The van der Waals surface area contributed by atoms with Crippen LogP contribution in [0.15, 0.2) is 23.8 Å². The van der Waals surface area contributed by atoms with E-state index in [1.54, 1.807) is 0 Å². The zero-order valence-corrected chi connectivity index (χ0v) is 21.3. The summed E-state index contributed by atoms with van der Waals surface area (Å²) in [5.41, 5.74) is 3.74. The third-order valence-electron chi connectivity index (χ3n) is 6.48. The van der Waals surface area contributed by atoms with Crippen LogP contribution in [-0.4, -0.2) is 18.4 Å². The maximum atomic E-state index is 6.63. The van der Waals surface area contributed by atoms with Crippen molar-refractivity contribution in [1.82, 2.24) is 0 Å². The Morgan fingerprint density at radius 1 is 1.24 bits per heavy atom. The fraction of sp³-hybridized carbons (Fsp3) is 0.667. The molecule has 29 heavy (non-hydrogen) atoms. The molecule has 2 aliphatic rings. The molecule has 0 amide bonds. The largest absolute Gasteiger partial charge is 0.541 e. The van der Waals surface area contributed by atoms with Gasteiger partial charge in [-0.15, -0.1) is 23.2 Å². The third-order valence-corrected chi connectivity index (χ3v) is 11.4. The monoisotopic (exact) mass is 454 g/mol. The van der Waals surface area contributed by atoms with Crippen molar-refractivity contribution >= 4 is 31.5 Å². The summed E-state index contributed by atoms with van der Waals surface area (Å²) in [4.78, 5) is 0. The summed E-state index contributed by atoms with van der Waals surface area (Å²) in [5, 5.41) is 0. The summed E-state index contributed by atoms with van der Waals surface area (Å²) < 4.78 is 12.8. The molecule has 0 aromatic heterocycles. The lowest BCUT2D eigenvalue weighted by Gasteiger charge is -2.47. The molecule has 0 radical (unpaired) electrons. The summed E-state index contributed by atoms with van der Waals surface area (Å²) in [6.07, 6.45) is 9.39. The molecule has 0 saturated heterocycles. The van der Waals surface area contributed by atoms with Crippen LogP contribution in [0.4, 0.5) is 0 Å². The minimum absolute atomic E-state index is 0.192. The molecule has 5 heteroatoms. The second-order valence-electron chi connectivity index (χ2n) is 9.86. The molecule has 1 aliphatic heterocycles. The topological polar surface area (TPSA) is 18.5 Å². The summed E-state index contributed by atoms with van der Waals surface area (Å²) in [6.45, 7) is 13.1. The van der Waals surface area contributed by atoms with Crippen molar-refractivity contribution in [3.63, 3.8) is 0 Å².